The van der Waals surface area contributed by atoms with Crippen LogP contribution in [-0.4, -0.2) is 0 Å². The number of fused-ring (bicyclic) bond motifs is 1. The molecule has 1 heterocycles. The van der Waals surface area contributed by atoms with E-state index in [0.29, 0.717) is 0 Å². The summed E-state index contributed by atoms with van der Waals surface area (Å²) in [7, 11) is 0. The highest BCUT2D eigenvalue weighted by molar-refractivity contribution is 5.62. The maximum Gasteiger partial charge on any atom is 0.0418 e. The Kier molecular flexibility index (Phi) is 1.65. The molecule has 0 spiro atoms. The number of allylic oxidation sites excluding steroid dienone is 2. The van der Waals surface area contributed by atoms with Crippen molar-refractivity contribution in [3.63, 3.8) is 0 Å². The largest absolute Gasteiger partial charge is 0.358 e. The van der Waals surface area contributed by atoms with Gasteiger partial charge < -0.3 is 5.32 Å². The molecule has 2 rings (SSSR count). The molecule has 0 amide bonds. The minimum atomic E-state index is 1.07. The third-order valence-electron chi connectivity index (χ3n) is 2.27. The highest BCUT2D eigenvalue weighted by Gasteiger charge is 2.13. The van der Waals surface area contributed by atoms with Crippen LogP contribution in [0.25, 0.3) is 0 Å². The number of para-hydroxylation sites is 1. The Morgan fingerprint density at radius 1 is 1.25 bits per heavy atom. The molecular weight excluding hydrogens is 146 g/mol. The Morgan fingerprint density at radius 2 is 2.00 bits per heavy atom. The lowest BCUT2D eigenvalue weighted by Crippen LogP contribution is -1.93. The SMILES string of the molecule is CC(C)=C1Cc2ccccc2N1. The molecule has 62 valence electrons. The first-order valence-corrected chi connectivity index (χ1v) is 4.28. The molecule has 0 saturated heterocycles. The lowest BCUT2D eigenvalue weighted by atomic mass is 10.1. The summed E-state index contributed by atoms with van der Waals surface area (Å²) in [4.78, 5) is 0. The lowest BCUT2D eigenvalue weighted by molar-refractivity contribution is 1.16. The Hall–Kier alpha value is -1.24. The summed E-state index contributed by atoms with van der Waals surface area (Å²) in [5.74, 6) is 0. The first-order chi connectivity index (χ1) is 5.77. The van der Waals surface area contributed by atoms with E-state index in [0.717, 1.165) is 6.42 Å². The molecule has 12 heavy (non-hydrogen) atoms. The molecule has 1 aromatic carbocycles. The van der Waals surface area contributed by atoms with Gasteiger partial charge in [-0.2, -0.15) is 0 Å². The summed E-state index contributed by atoms with van der Waals surface area (Å²) in [6, 6.07) is 8.47. The predicted molar refractivity (Wildman–Crippen MR) is 52.1 cm³/mol. The van der Waals surface area contributed by atoms with Crippen molar-refractivity contribution in [3.05, 3.63) is 41.1 Å². The number of hydrogen-bond donors (Lipinski definition) is 1. The topological polar surface area (TPSA) is 12.0 Å². The van der Waals surface area contributed by atoms with Crippen LogP contribution in [0.5, 0.6) is 0 Å². The van der Waals surface area contributed by atoms with Gasteiger partial charge in [-0.3, -0.25) is 0 Å². The van der Waals surface area contributed by atoms with Gasteiger partial charge in [0.15, 0.2) is 0 Å². The minimum absolute atomic E-state index is 1.07. The quantitative estimate of drug-likeness (QED) is 0.613. The molecule has 0 saturated carbocycles. The van der Waals surface area contributed by atoms with Crippen LogP contribution >= 0.6 is 0 Å². The van der Waals surface area contributed by atoms with Crippen LogP contribution in [-0.2, 0) is 6.42 Å². The maximum atomic E-state index is 3.41. The lowest BCUT2D eigenvalue weighted by Gasteiger charge is -2.00. The second kappa shape index (κ2) is 2.67. The van der Waals surface area contributed by atoms with Gasteiger partial charge in [0.2, 0.25) is 0 Å². The molecule has 0 aromatic heterocycles. The zero-order valence-electron chi connectivity index (χ0n) is 7.52. The van der Waals surface area contributed by atoms with Crippen LogP contribution in [0.4, 0.5) is 5.69 Å². The monoisotopic (exact) mass is 159 g/mol. The average molecular weight is 159 g/mol. The molecule has 0 radical (unpaired) electrons. The average Bonchev–Trinajstić information content (AvgIpc) is 2.46. The van der Waals surface area contributed by atoms with Gasteiger partial charge in [0.1, 0.15) is 0 Å². The first kappa shape index (κ1) is 7.41. The normalized spacial score (nSPS) is 14.0. The molecule has 0 fully saturated rings. The third-order valence-corrected chi connectivity index (χ3v) is 2.27. The van der Waals surface area contributed by atoms with Crippen molar-refractivity contribution in [3.8, 4) is 0 Å². The zero-order chi connectivity index (χ0) is 8.55. The number of anilines is 1. The van der Waals surface area contributed by atoms with Gasteiger partial charge >= 0.3 is 0 Å². The van der Waals surface area contributed by atoms with E-state index < -0.39 is 0 Å². The van der Waals surface area contributed by atoms with Gasteiger partial charge in [0.25, 0.3) is 0 Å². The highest BCUT2D eigenvalue weighted by Crippen LogP contribution is 2.28. The van der Waals surface area contributed by atoms with Gasteiger partial charge in [-0.15, -0.1) is 0 Å². The minimum Gasteiger partial charge on any atom is -0.358 e. The predicted octanol–water partition coefficient (Wildman–Crippen LogP) is 2.95. The van der Waals surface area contributed by atoms with Crippen LogP contribution in [0.3, 0.4) is 0 Å². The highest BCUT2D eigenvalue weighted by atomic mass is 14.9. The van der Waals surface area contributed by atoms with Gasteiger partial charge in [-0.25, -0.2) is 0 Å². The summed E-state index contributed by atoms with van der Waals surface area (Å²) in [6.45, 7) is 4.29. The smallest absolute Gasteiger partial charge is 0.0418 e. The van der Waals surface area contributed by atoms with E-state index in [-0.39, 0.29) is 0 Å². The first-order valence-electron chi connectivity index (χ1n) is 4.28. The molecule has 0 aliphatic carbocycles. The number of hydrogen-bond acceptors (Lipinski definition) is 1. The van der Waals surface area contributed by atoms with Gasteiger partial charge in [0, 0.05) is 17.8 Å². The maximum absolute atomic E-state index is 3.41. The van der Waals surface area contributed by atoms with Crippen molar-refractivity contribution in [1.29, 1.82) is 0 Å². The second-order valence-electron chi connectivity index (χ2n) is 3.44. The number of nitrogens with one attached hydrogen (secondary N) is 1. The van der Waals surface area contributed by atoms with Crippen molar-refractivity contribution in [2.24, 2.45) is 0 Å². The van der Waals surface area contributed by atoms with Crippen LogP contribution in [0.2, 0.25) is 0 Å². The van der Waals surface area contributed by atoms with Gasteiger partial charge in [0.05, 0.1) is 0 Å². The zero-order valence-corrected chi connectivity index (χ0v) is 7.52. The summed E-state index contributed by atoms with van der Waals surface area (Å²) in [6.07, 6.45) is 1.07. The fourth-order valence-electron chi connectivity index (χ4n) is 1.50. The fraction of sp³-hybridized carbons (Fsp3) is 0.273. The molecule has 1 N–H and O–H groups in total. The second-order valence-corrected chi connectivity index (χ2v) is 3.44. The summed E-state index contributed by atoms with van der Waals surface area (Å²) >= 11 is 0. The van der Waals surface area contributed by atoms with Crippen molar-refractivity contribution in [1.82, 2.24) is 0 Å². The molecule has 0 unspecified atom stereocenters. The Labute approximate surface area is 73.1 Å². The van der Waals surface area contributed by atoms with E-state index in [9.17, 15) is 0 Å². The number of rotatable bonds is 0. The van der Waals surface area contributed by atoms with E-state index in [1.54, 1.807) is 0 Å². The molecule has 1 aromatic rings. The van der Waals surface area contributed by atoms with E-state index in [4.69, 9.17) is 0 Å². The van der Waals surface area contributed by atoms with Crippen LogP contribution < -0.4 is 5.32 Å². The van der Waals surface area contributed by atoms with Crippen molar-refractivity contribution >= 4 is 5.69 Å². The van der Waals surface area contributed by atoms with Crippen molar-refractivity contribution in [2.75, 3.05) is 5.32 Å². The van der Waals surface area contributed by atoms with Crippen molar-refractivity contribution in [2.45, 2.75) is 20.3 Å². The standard InChI is InChI=1S/C11H13N/c1-8(2)11-7-9-5-3-4-6-10(9)12-11/h3-6,12H,7H2,1-2H3. The van der Waals surface area contributed by atoms with Gasteiger partial charge in [-0.05, 0) is 25.5 Å². The Bertz CT molecular complexity index is 306. The molecule has 1 nitrogen and oxygen atoms in total. The van der Waals surface area contributed by atoms with Gasteiger partial charge in [-0.1, -0.05) is 23.8 Å². The molecule has 1 aliphatic heterocycles. The fourth-order valence-corrected chi connectivity index (χ4v) is 1.50. The van der Waals surface area contributed by atoms with E-state index in [1.165, 1.54) is 22.5 Å². The van der Waals surface area contributed by atoms with E-state index in [2.05, 4.69) is 43.4 Å². The third kappa shape index (κ3) is 1.11. The van der Waals surface area contributed by atoms with Crippen LogP contribution in [0.1, 0.15) is 19.4 Å². The molecular formula is C11H13N. The Balaban J connectivity index is 2.40. The van der Waals surface area contributed by atoms with E-state index >= 15 is 0 Å². The number of benzene rings is 1. The summed E-state index contributed by atoms with van der Waals surface area (Å²) in [5.41, 5.74) is 5.42. The van der Waals surface area contributed by atoms with Crippen molar-refractivity contribution < 1.29 is 0 Å². The van der Waals surface area contributed by atoms with Crippen LogP contribution in [0, 0.1) is 0 Å². The summed E-state index contributed by atoms with van der Waals surface area (Å²) < 4.78 is 0. The molecule has 0 bridgehead atoms. The molecule has 0 atom stereocenters. The Morgan fingerprint density at radius 3 is 2.67 bits per heavy atom. The molecule has 1 aliphatic rings. The van der Waals surface area contributed by atoms with Crippen LogP contribution in [0.15, 0.2) is 35.5 Å². The summed E-state index contributed by atoms with van der Waals surface area (Å²) in [5, 5.41) is 3.41. The molecule has 1 heteroatoms. The van der Waals surface area contributed by atoms with E-state index in [1.807, 2.05) is 0 Å².